The maximum absolute atomic E-state index is 12.6. The van der Waals surface area contributed by atoms with E-state index in [9.17, 15) is 4.79 Å². The molecule has 1 fully saturated rings. The Bertz CT molecular complexity index is 657. The summed E-state index contributed by atoms with van der Waals surface area (Å²) in [7, 11) is 2.02. The molecule has 1 amide bonds. The van der Waals surface area contributed by atoms with E-state index in [1.54, 1.807) is 4.90 Å². The summed E-state index contributed by atoms with van der Waals surface area (Å²) in [5.74, 6) is 0.942. The van der Waals surface area contributed by atoms with E-state index < -0.39 is 0 Å². The third-order valence-electron chi connectivity index (χ3n) is 3.82. The van der Waals surface area contributed by atoms with Crippen molar-refractivity contribution in [1.82, 2.24) is 4.90 Å². The lowest BCUT2D eigenvalue weighted by Crippen LogP contribution is -2.30. The van der Waals surface area contributed by atoms with Crippen molar-refractivity contribution in [1.29, 1.82) is 5.41 Å². The monoisotopic (exact) mass is 333 g/mol. The van der Waals surface area contributed by atoms with Crippen LogP contribution in [0.1, 0.15) is 19.8 Å². The van der Waals surface area contributed by atoms with Gasteiger partial charge in [-0.25, -0.2) is 0 Å². The van der Waals surface area contributed by atoms with Crippen LogP contribution in [0.4, 0.5) is 5.69 Å². The van der Waals surface area contributed by atoms with Gasteiger partial charge in [0.1, 0.15) is 4.91 Å². The maximum Gasteiger partial charge on any atom is 0.268 e. The predicted molar refractivity (Wildman–Crippen MR) is 94.5 cm³/mol. The number of rotatable bonds is 2. The Hall–Kier alpha value is -1.40. The van der Waals surface area contributed by atoms with Crippen LogP contribution < -0.4 is 4.90 Å². The molecule has 22 heavy (non-hydrogen) atoms. The third-order valence-corrected chi connectivity index (χ3v) is 5.91. The van der Waals surface area contributed by atoms with Crippen LogP contribution in [0.2, 0.25) is 0 Å². The molecule has 2 aliphatic heterocycles. The van der Waals surface area contributed by atoms with Gasteiger partial charge >= 0.3 is 0 Å². The molecule has 116 valence electrons. The summed E-state index contributed by atoms with van der Waals surface area (Å²) in [6.07, 6.45) is 1.71. The van der Waals surface area contributed by atoms with Crippen LogP contribution in [0.5, 0.6) is 0 Å². The molecule has 0 spiro atoms. The van der Waals surface area contributed by atoms with Crippen LogP contribution in [-0.2, 0) is 4.79 Å². The van der Waals surface area contributed by atoms with Crippen molar-refractivity contribution in [2.45, 2.75) is 24.7 Å². The number of hydrogen-bond acceptors (Lipinski definition) is 5. The van der Waals surface area contributed by atoms with Gasteiger partial charge in [0.25, 0.3) is 5.91 Å². The minimum atomic E-state index is -0.0110. The number of fused-ring (bicyclic) bond motifs is 1. The number of benzene rings is 1. The fourth-order valence-corrected chi connectivity index (χ4v) is 4.79. The zero-order valence-electron chi connectivity index (χ0n) is 12.8. The second kappa shape index (κ2) is 6.38. The van der Waals surface area contributed by atoms with Crippen molar-refractivity contribution in [2.75, 3.05) is 24.2 Å². The van der Waals surface area contributed by atoms with Gasteiger partial charge in [0.2, 0.25) is 0 Å². The van der Waals surface area contributed by atoms with E-state index in [-0.39, 0.29) is 5.91 Å². The van der Waals surface area contributed by atoms with E-state index >= 15 is 0 Å². The van der Waals surface area contributed by atoms with E-state index in [1.807, 2.05) is 37.9 Å². The van der Waals surface area contributed by atoms with E-state index in [1.165, 1.54) is 16.7 Å². The first kappa shape index (κ1) is 15.5. The summed E-state index contributed by atoms with van der Waals surface area (Å²) in [5, 5.41) is 8.42. The molecular weight excluding hydrogens is 314 g/mol. The molecule has 0 radical (unpaired) electrons. The summed E-state index contributed by atoms with van der Waals surface area (Å²) in [5.41, 5.74) is 2.18. The van der Waals surface area contributed by atoms with Gasteiger partial charge in [0.05, 0.1) is 5.69 Å². The Kier molecular flexibility index (Phi) is 4.49. The van der Waals surface area contributed by atoms with E-state index in [2.05, 4.69) is 17.0 Å². The number of amides is 1. The number of amidine groups is 1. The number of anilines is 1. The molecule has 0 bridgehead atoms. The molecule has 3 rings (SSSR count). The lowest BCUT2D eigenvalue weighted by molar-refractivity contribution is -0.122. The molecular formula is C16H19N3OS2. The van der Waals surface area contributed by atoms with E-state index in [0.29, 0.717) is 11.7 Å². The van der Waals surface area contributed by atoms with Gasteiger partial charge < -0.3 is 4.90 Å². The molecule has 0 atom stereocenters. The van der Waals surface area contributed by atoms with Gasteiger partial charge in [-0.15, -0.1) is 11.8 Å². The molecule has 1 aromatic carbocycles. The number of para-hydroxylation sites is 1. The van der Waals surface area contributed by atoms with Crippen LogP contribution in [0, 0.1) is 5.41 Å². The van der Waals surface area contributed by atoms with Crippen molar-refractivity contribution in [3.63, 3.8) is 0 Å². The SMILES string of the molecule is CCCN1C(=N)S/C(=C2\CCSc3ccccc3N2C)C1=O. The van der Waals surface area contributed by atoms with E-state index in [0.717, 1.165) is 34.9 Å². The fraction of sp³-hybridized carbons (Fsp3) is 0.375. The zero-order chi connectivity index (χ0) is 15.7. The number of thioether (sulfide) groups is 2. The zero-order valence-corrected chi connectivity index (χ0v) is 14.4. The molecule has 6 heteroatoms. The summed E-state index contributed by atoms with van der Waals surface area (Å²) in [4.78, 5) is 18.3. The standard InChI is InChI=1S/C16H19N3OS2/c1-3-9-19-15(20)14(22-16(19)17)12-8-10-21-13-7-5-4-6-11(13)18(12)2/h4-7,17H,3,8-10H2,1-2H3/b14-12+,17-16?. The summed E-state index contributed by atoms with van der Waals surface area (Å²) in [6, 6.07) is 8.29. The maximum atomic E-state index is 12.6. The number of nitrogens with one attached hydrogen (secondary N) is 1. The van der Waals surface area contributed by atoms with Gasteiger partial charge in [0, 0.05) is 29.9 Å². The average molecular weight is 333 g/mol. The number of nitrogens with zero attached hydrogens (tertiary/aromatic N) is 2. The quantitative estimate of drug-likeness (QED) is 0.837. The molecule has 0 saturated carbocycles. The highest BCUT2D eigenvalue weighted by Crippen LogP contribution is 2.41. The second-order valence-electron chi connectivity index (χ2n) is 5.27. The number of carbonyl (C=O) groups is 1. The Morgan fingerprint density at radius 2 is 2.09 bits per heavy atom. The smallest absolute Gasteiger partial charge is 0.268 e. The molecule has 1 aromatic rings. The van der Waals surface area contributed by atoms with Gasteiger partial charge in [-0.3, -0.25) is 15.1 Å². The van der Waals surface area contributed by atoms with Crippen molar-refractivity contribution < 1.29 is 4.79 Å². The average Bonchev–Trinajstić information content (AvgIpc) is 2.70. The van der Waals surface area contributed by atoms with Crippen LogP contribution in [0.3, 0.4) is 0 Å². The van der Waals surface area contributed by atoms with Crippen LogP contribution in [0.15, 0.2) is 39.8 Å². The minimum absolute atomic E-state index is 0.0110. The lowest BCUT2D eigenvalue weighted by Gasteiger charge is -2.23. The number of carbonyl (C=O) groups excluding carboxylic acids is 1. The topological polar surface area (TPSA) is 47.4 Å². The molecule has 2 aliphatic rings. The molecule has 4 nitrogen and oxygen atoms in total. The first-order valence-electron chi connectivity index (χ1n) is 7.40. The van der Waals surface area contributed by atoms with E-state index in [4.69, 9.17) is 5.41 Å². The van der Waals surface area contributed by atoms with Gasteiger partial charge in [-0.2, -0.15) is 0 Å². The van der Waals surface area contributed by atoms with Gasteiger partial charge in [-0.1, -0.05) is 19.1 Å². The molecule has 2 heterocycles. The first-order valence-corrected chi connectivity index (χ1v) is 9.20. The number of allylic oxidation sites excluding steroid dienone is 1. The molecule has 0 aromatic heterocycles. The van der Waals surface area contributed by atoms with Crippen LogP contribution in [-0.4, -0.2) is 35.3 Å². The Labute approximate surface area is 139 Å². The van der Waals surface area contributed by atoms with Crippen molar-refractivity contribution in [3.05, 3.63) is 34.9 Å². The number of hydrogen-bond donors (Lipinski definition) is 1. The highest BCUT2D eigenvalue weighted by molar-refractivity contribution is 8.18. The van der Waals surface area contributed by atoms with Crippen molar-refractivity contribution in [3.8, 4) is 0 Å². The summed E-state index contributed by atoms with van der Waals surface area (Å²) in [6.45, 7) is 2.65. The lowest BCUT2D eigenvalue weighted by atomic mass is 10.2. The molecule has 0 unspecified atom stereocenters. The van der Waals surface area contributed by atoms with Gasteiger partial charge in [-0.05, 0) is 36.7 Å². The van der Waals surface area contributed by atoms with Crippen molar-refractivity contribution >= 4 is 40.3 Å². The Morgan fingerprint density at radius 1 is 1.32 bits per heavy atom. The minimum Gasteiger partial charge on any atom is -0.346 e. The molecule has 0 aliphatic carbocycles. The summed E-state index contributed by atoms with van der Waals surface area (Å²) < 4.78 is 0. The normalized spacial score (nSPS) is 22.1. The molecule has 1 saturated heterocycles. The second-order valence-corrected chi connectivity index (χ2v) is 7.40. The van der Waals surface area contributed by atoms with Crippen LogP contribution >= 0.6 is 23.5 Å². The fourth-order valence-electron chi connectivity index (χ4n) is 2.71. The van der Waals surface area contributed by atoms with Crippen molar-refractivity contribution in [2.24, 2.45) is 0 Å². The van der Waals surface area contributed by atoms with Gasteiger partial charge in [0.15, 0.2) is 5.17 Å². The highest BCUT2D eigenvalue weighted by atomic mass is 32.2. The molecule has 1 N–H and O–H groups in total. The highest BCUT2D eigenvalue weighted by Gasteiger charge is 2.35. The largest absolute Gasteiger partial charge is 0.346 e. The first-order chi connectivity index (χ1) is 10.6. The Morgan fingerprint density at radius 3 is 2.86 bits per heavy atom. The predicted octanol–water partition coefficient (Wildman–Crippen LogP) is 3.75. The van der Waals surface area contributed by atoms with Crippen LogP contribution in [0.25, 0.3) is 0 Å². The summed E-state index contributed by atoms with van der Waals surface area (Å²) >= 11 is 3.13. The Balaban J connectivity index is 2.01. The third kappa shape index (κ3) is 2.65.